The van der Waals surface area contributed by atoms with E-state index in [1.54, 1.807) is 6.20 Å². The fourth-order valence-corrected chi connectivity index (χ4v) is 2.14. The van der Waals surface area contributed by atoms with E-state index in [9.17, 15) is 4.39 Å². The monoisotopic (exact) mass is 273 g/mol. The molecule has 0 bridgehead atoms. The van der Waals surface area contributed by atoms with Gasteiger partial charge >= 0.3 is 0 Å². The second-order valence-corrected chi connectivity index (χ2v) is 4.58. The van der Waals surface area contributed by atoms with Crippen LogP contribution in [0.25, 0.3) is 0 Å². The number of anilines is 2. The molecular weight excluding hydrogens is 253 g/mol. The minimum atomic E-state index is -0.304. The number of aromatic nitrogens is 1. The van der Waals surface area contributed by atoms with Crippen LogP contribution in [0.5, 0.6) is 0 Å². The van der Waals surface area contributed by atoms with Crippen molar-refractivity contribution in [3.05, 3.63) is 54.1 Å². The Morgan fingerprint density at radius 2 is 1.80 bits per heavy atom. The number of nitrogens with one attached hydrogen (secondary N) is 1. The third-order valence-corrected chi connectivity index (χ3v) is 3.25. The van der Waals surface area contributed by atoms with Gasteiger partial charge in [-0.1, -0.05) is 0 Å². The van der Waals surface area contributed by atoms with Gasteiger partial charge in [-0.05, 0) is 49.7 Å². The Morgan fingerprint density at radius 3 is 2.40 bits per heavy atom. The average Bonchev–Trinajstić information content (AvgIpc) is 2.48. The first-order valence-electron chi connectivity index (χ1n) is 6.91. The Kier molecular flexibility index (Phi) is 4.93. The minimum Gasteiger partial charge on any atom is -0.381 e. The van der Waals surface area contributed by atoms with Crippen molar-refractivity contribution in [3.8, 4) is 0 Å². The molecule has 3 nitrogen and oxygen atoms in total. The molecule has 0 aliphatic rings. The van der Waals surface area contributed by atoms with Gasteiger partial charge in [-0.3, -0.25) is 4.98 Å². The first kappa shape index (κ1) is 14.3. The lowest BCUT2D eigenvalue weighted by Crippen LogP contribution is -2.21. The number of pyridine rings is 1. The van der Waals surface area contributed by atoms with Gasteiger partial charge in [0.15, 0.2) is 0 Å². The summed E-state index contributed by atoms with van der Waals surface area (Å²) in [4.78, 5) is 6.13. The Hall–Kier alpha value is -2.10. The maximum absolute atomic E-state index is 13.0. The van der Waals surface area contributed by atoms with Crippen LogP contribution in [0.1, 0.15) is 19.4 Å². The Balaban J connectivity index is 1.97. The van der Waals surface area contributed by atoms with Crippen LogP contribution in [-0.4, -0.2) is 18.1 Å². The maximum atomic E-state index is 13.0. The van der Waals surface area contributed by atoms with Crippen LogP contribution in [0, 0.1) is 5.82 Å². The highest BCUT2D eigenvalue weighted by molar-refractivity contribution is 5.55. The van der Waals surface area contributed by atoms with Crippen molar-refractivity contribution < 1.29 is 4.39 Å². The van der Waals surface area contributed by atoms with E-state index in [0.717, 1.165) is 24.3 Å². The van der Waals surface area contributed by atoms with Crippen molar-refractivity contribution in [1.82, 2.24) is 4.98 Å². The first-order chi connectivity index (χ1) is 9.72. The van der Waals surface area contributed by atoms with Gasteiger partial charge in [-0.25, -0.2) is 4.39 Å². The van der Waals surface area contributed by atoms with Crippen LogP contribution in [0.15, 0.2) is 42.7 Å². The normalized spacial score (nSPS) is 10.3. The Labute approximate surface area is 119 Å². The topological polar surface area (TPSA) is 28.2 Å². The predicted molar refractivity (Wildman–Crippen MR) is 81.5 cm³/mol. The summed E-state index contributed by atoms with van der Waals surface area (Å²) < 4.78 is 13.0. The molecular formula is C16H20FN3. The van der Waals surface area contributed by atoms with Crippen LogP contribution in [0.2, 0.25) is 0 Å². The summed E-state index contributed by atoms with van der Waals surface area (Å²) in [6.07, 6.45) is 2.88. The summed E-state index contributed by atoms with van der Waals surface area (Å²) >= 11 is 0. The SMILES string of the molecule is CCN(CC)c1ccc(NCc2cncc(F)c2)cc1. The third-order valence-electron chi connectivity index (χ3n) is 3.25. The number of rotatable bonds is 6. The van der Waals surface area contributed by atoms with E-state index < -0.39 is 0 Å². The molecule has 0 spiro atoms. The van der Waals surface area contributed by atoms with E-state index in [0.29, 0.717) is 6.54 Å². The summed E-state index contributed by atoms with van der Waals surface area (Å²) in [6, 6.07) is 9.77. The molecule has 0 fully saturated rings. The quantitative estimate of drug-likeness (QED) is 0.870. The fraction of sp³-hybridized carbons (Fsp3) is 0.312. The summed E-state index contributed by atoms with van der Waals surface area (Å²) in [5, 5.41) is 3.27. The molecule has 0 radical (unpaired) electrons. The molecule has 4 heteroatoms. The van der Waals surface area contributed by atoms with Gasteiger partial charge in [-0.15, -0.1) is 0 Å². The lowest BCUT2D eigenvalue weighted by Gasteiger charge is -2.21. The molecule has 1 heterocycles. The summed E-state index contributed by atoms with van der Waals surface area (Å²) in [5.41, 5.74) is 3.07. The molecule has 0 amide bonds. The summed E-state index contributed by atoms with van der Waals surface area (Å²) in [6.45, 7) is 6.85. The highest BCUT2D eigenvalue weighted by atomic mass is 19.1. The van der Waals surface area contributed by atoms with Crippen molar-refractivity contribution >= 4 is 11.4 Å². The smallest absolute Gasteiger partial charge is 0.141 e. The van der Waals surface area contributed by atoms with Gasteiger partial charge in [0.2, 0.25) is 0 Å². The zero-order chi connectivity index (χ0) is 14.4. The molecule has 2 rings (SSSR count). The fourth-order valence-electron chi connectivity index (χ4n) is 2.14. The van der Waals surface area contributed by atoms with E-state index >= 15 is 0 Å². The van der Waals surface area contributed by atoms with Crippen LogP contribution in [0.4, 0.5) is 15.8 Å². The average molecular weight is 273 g/mol. The molecule has 1 aromatic heterocycles. The standard InChI is InChI=1S/C16H20FN3/c1-3-20(4-2)16-7-5-15(6-8-16)19-11-13-9-14(17)12-18-10-13/h5-10,12,19H,3-4,11H2,1-2H3. The maximum Gasteiger partial charge on any atom is 0.141 e. The predicted octanol–water partition coefficient (Wildman–Crippen LogP) is 3.68. The van der Waals surface area contributed by atoms with E-state index in [-0.39, 0.29) is 5.82 Å². The molecule has 106 valence electrons. The molecule has 0 atom stereocenters. The Bertz CT molecular complexity index is 536. The number of hydrogen-bond donors (Lipinski definition) is 1. The number of hydrogen-bond acceptors (Lipinski definition) is 3. The number of benzene rings is 1. The summed E-state index contributed by atoms with van der Waals surface area (Å²) in [5.74, 6) is -0.304. The van der Waals surface area contributed by atoms with E-state index in [1.165, 1.54) is 18.0 Å². The molecule has 20 heavy (non-hydrogen) atoms. The number of nitrogens with zero attached hydrogens (tertiary/aromatic N) is 2. The van der Waals surface area contributed by atoms with E-state index in [1.807, 2.05) is 12.1 Å². The first-order valence-corrected chi connectivity index (χ1v) is 6.91. The highest BCUT2D eigenvalue weighted by Crippen LogP contribution is 2.18. The van der Waals surface area contributed by atoms with Crippen molar-refractivity contribution in [2.24, 2.45) is 0 Å². The molecule has 0 aliphatic carbocycles. The van der Waals surface area contributed by atoms with Gasteiger partial charge in [0.25, 0.3) is 0 Å². The second-order valence-electron chi connectivity index (χ2n) is 4.58. The van der Waals surface area contributed by atoms with Gasteiger partial charge < -0.3 is 10.2 Å². The van der Waals surface area contributed by atoms with Crippen LogP contribution >= 0.6 is 0 Å². The van der Waals surface area contributed by atoms with Crippen LogP contribution in [0.3, 0.4) is 0 Å². The van der Waals surface area contributed by atoms with Crippen LogP contribution < -0.4 is 10.2 Å². The molecule has 2 aromatic rings. The molecule has 1 N–H and O–H groups in total. The molecule has 1 aromatic carbocycles. The van der Waals surface area contributed by atoms with Gasteiger partial charge in [0, 0.05) is 37.2 Å². The van der Waals surface area contributed by atoms with E-state index in [2.05, 4.69) is 41.2 Å². The Morgan fingerprint density at radius 1 is 1.10 bits per heavy atom. The molecule has 0 saturated carbocycles. The van der Waals surface area contributed by atoms with Crippen molar-refractivity contribution in [1.29, 1.82) is 0 Å². The third kappa shape index (κ3) is 3.70. The van der Waals surface area contributed by atoms with Crippen molar-refractivity contribution in [3.63, 3.8) is 0 Å². The molecule has 0 saturated heterocycles. The van der Waals surface area contributed by atoms with E-state index in [4.69, 9.17) is 0 Å². The van der Waals surface area contributed by atoms with Gasteiger partial charge in [-0.2, -0.15) is 0 Å². The second kappa shape index (κ2) is 6.89. The zero-order valence-corrected chi connectivity index (χ0v) is 11.9. The lowest BCUT2D eigenvalue weighted by molar-refractivity contribution is 0.619. The summed E-state index contributed by atoms with van der Waals surface area (Å²) in [7, 11) is 0. The highest BCUT2D eigenvalue weighted by Gasteiger charge is 2.01. The largest absolute Gasteiger partial charge is 0.381 e. The van der Waals surface area contributed by atoms with Crippen molar-refractivity contribution in [2.75, 3.05) is 23.3 Å². The zero-order valence-electron chi connectivity index (χ0n) is 11.9. The van der Waals surface area contributed by atoms with Crippen LogP contribution in [-0.2, 0) is 6.54 Å². The molecule has 0 unspecified atom stereocenters. The van der Waals surface area contributed by atoms with Crippen molar-refractivity contribution in [2.45, 2.75) is 20.4 Å². The van der Waals surface area contributed by atoms with Gasteiger partial charge in [0.05, 0.1) is 6.20 Å². The minimum absolute atomic E-state index is 0.304. The lowest BCUT2D eigenvalue weighted by atomic mass is 10.2. The number of halogens is 1. The molecule has 0 aliphatic heterocycles. The van der Waals surface area contributed by atoms with Gasteiger partial charge in [0.1, 0.15) is 5.82 Å².